The van der Waals surface area contributed by atoms with Crippen LogP contribution in [0.25, 0.3) is 0 Å². The summed E-state index contributed by atoms with van der Waals surface area (Å²) in [5.41, 5.74) is 6.77. The SMILES string of the molecule is CCN(CC)C(N)=NCc1ccc(N2CCN(C(=O)OC(C)(C)C)CC2)c(F)c1. The molecule has 0 spiro atoms. The summed E-state index contributed by atoms with van der Waals surface area (Å²) >= 11 is 0. The minimum atomic E-state index is -0.521. The van der Waals surface area contributed by atoms with Gasteiger partial charge in [-0.05, 0) is 52.3 Å². The Kier molecular flexibility index (Phi) is 7.70. The first-order valence-electron chi connectivity index (χ1n) is 10.2. The summed E-state index contributed by atoms with van der Waals surface area (Å²) in [7, 11) is 0. The zero-order valence-corrected chi connectivity index (χ0v) is 18.2. The molecule has 0 aliphatic carbocycles. The Hall–Kier alpha value is -2.51. The number of ether oxygens (including phenoxy) is 1. The standard InChI is InChI=1S/C21H34FN5O2/c1-6-25(7-2)19(23)24-15-16-8-9-18(17(22)14-16)26-10-12-27(13-11-26)20(28)29-21(3,4)5/h8-9,14H,6-7,10-13,15H2,1-5H3,(H2,23,24). The lowest BCUT2D eigenvalue weighted by atomic mass is 10.1. The molecular formula is C21H34FN5O2. The molecule has 0 aromatic heterocycles. The van der Waals surface area contributed by atoms with Gasteiger partial charge in [0.05, 0.1) is 12.2 Å². The fourth-order valence-corrected chi connectivity index (χ4v) is 3.18. The van der Waals surface area contributed by atoms with Gasteiger partial charge in [0.1, 0.15) is 11.4 Å². The molecule has 1 heterocycles. The first kappa shape index (κ1) is 22.8. The van der Waals surface area contributed by atoms with Gasteiger partial charge in [-0.15, -0.1) is 0 Å². The van der Waals surface area contributed by atoms with Gasteiger partial charge in [0.25, 0.3) is 0 Å². The van der Waals surface area contributed by atoms with Gasteiger partial charge < -0.3 is 25.2 Å². The van der Waals surface area contributed by atoms with Crippen molar-refractivity contribution >= 4 is 17.7 Å². The summed E-state index contributed by atoms with van der Waals surface area (Å²) in [6, 6.07) is 5.16. The number of hydrogen-bond acceptors (Lipinski definition) is 4. The van der Waals surface area contributed by atoms with Crippen molar-refractivity contribution in [3.63, 3.8) is 0 Å². The number of anilines is 1. The number of nitrogens with two attached hydrogens (primary N) is 1. The maximum absolute atomic E-state index is 14.7. The molecule has 8 heteroatoms. The molecule has 0 unspecified atom stereocenters. The smallest absolute Gasteiger partial charge is 0.410 e. The van der Waals surface area contributed by atoms with Crippen LogP contribution < -0.4 is 10.6 Å². The molecule has 29 heavy (non-hydrogen) atoms. The first-order valence-corrected chi connectivity index (χ1v) is 10.2. The van der Waals surface area contributed by atoms with Gasteiger partial charge in [0.2, 0.25) is 0 Å². The normalized spacial score (nSPS) is 15.4. The van der Waals surface area contributed by atoms with Crippen molar-refractivity contribution < 1.29 is 13.9 Å². The van der Waals surface area contributed by atoms with Crippen LogP contribution in [-0.2, 0) is 11.3 Å². The van der Waals surface area contributed by atoms with Gasteiger partial charge in [-0.1, -0.05) is 6.07 Å². The molecular weight excluding hydrogens is 373 g/mol. The maximum Gasteiger partial charge on any atom is 0.410 e. The van der Waals surface area contributed by atoms with E-state index in [1.165, 1.54) is 6.07 Å². The van der Waals surface area contributed by atoms with Crippen LogP contribution in [0.5, 0.6) is 0 Å². The molecule has 0 bridgehead atoms. The van der Waals surface area contributed by atoms with Crippen LogP contribution in [0, 0.1) is 5.82 Å². The summed E-state index contributed by atoms with van der Waals surface area (Å²) in [5.74, 6) is 0.183. The number of aliphatic imine (C=N–C) groups is 1. The molecule has 1 saturated heterocycles. The molecule has 0 radical (unpaired) electrons. The van der Waals surface area contributed by atoms with Gasteiger partial charge in [0, 0.05) is 39.3 Å². The summed E-state index contributed by atoms with van der Waals surface area (Å²) in [6.07, 6.45) is -0.323. The highest BCUT2D eigenvalue weighted by Gasteiger charge is 2.26. The van der Waals surface area contributed by atoms with E-state index in [0.29, 0.717) is 44.4 Å². The lowest BCUT2D eigenvalue weighted by Gasteiger charge is -2.36. The highest BCUT2D eigenvalue weighted by molar-refractivity contribution is 5.78. The second-order valence-electron chi connectivity index (χ2n) is 8.09. The van der Waals surface area contributed by atoms with Crippen LogP contribution in [0.1, 0.15) is 40.2 Å². The van der Waals surface area contributed by atoms with E-state index in [9.17, 15) is 9.18 Å². The van der Waals surface area contributed by atoms with Crippen molar-refractivity contribution in [2.24, 2.45) is 10.7 Å². The van der Waals surface area contributed by atoms with E-state index in [-0.39, 0.29) is 11.9 Å². The Morgan fingerprint density at radius 2 is 1.83 bits per heavy atom. The Bertz CT molecular complexity index is 720. The van der Waals surface area contributed by atoms with Crippen molar-refractivity contribution in [2.45, 2.75) is 46.8 Å². The minimum absolute atomic E-state index is 0.287. The molecule has 1 amide bonds. The largest absolute Gasteiger partial charge is 0.444 e. The van der Waals surface area contributed by atoms with E-state index >= 15 is 0 Å². The van der Waals surface area contributed by atoms with Crippen LogP contribution in [0.15, 0.2) is 23.2 Å². The third-order valence-corrected chi connectivity index (χ3v) is 4.80. The molecule has 1 aliphatic heterocycles. The average molecular weight is 408 g/mol. The molecule has 2 N–H and O–H groups in total. The molecule has 162 valence electrons. The molecule has 0 atom stereocenters. The highest BCUT2D eigenvalue weighted by atomic mass is 19.1. The molecule has 2 rings (SSSR count). The van der Waals surface area contributed by atoms with Gasteiger partial charge >= 0.3 is 6.09 Å². The Labute approximate surface area is 173 Å². The quantitative estimate of drug-likeness (QED) is 0.600. The molecule has 0 saturated carbocycles. The fraction of sp³-hybridized carbons (Fsp3) is 0.619. The number of guanidine groups is 1. The fourth-order valence-electron chi connectivity index (χ4n) is 3.18. The molecule has 1 fully saturated rings. The summed E-state index contributed by atoms with van der Waals surface area (Å²) in [5, 5.41) is 0. The zero-order chi connectivity index (χ0) is 21.6. The molecule has 7 nitrogen and oxygen atoms in total. The van der Waals surface area contributed by atoms with Crippen molar-refractivity contribution in [1.82, 2.24) is 9.80 Å². The lowest BCUT2D eigenvalue weighted by Crippen LogP contribution is -2.50. The summed E-state index contributed by atoms with van der Waals surface area (Å²) in [6.45, 7) is 13.6. The zero-order valence-electron chi connectivity index (χ0n) is 18.2. The maximum atomic E-state index is 14.7. The first-order chi connectivity index (χ1) is 13.6. The van der Waals surface area contributed by atoms with E-state index in [4.69, 9.17) is 10.5 Å². The number of halogens is 1. The van der Waals surface area contributed by atoms with Crippen LogP contribution in [0.2, 0.25) is 0 Å². The van der Waals surface area contributed by atoms with E-state index in [1.54, 1.807) is 11.0 Å². The number of amides is 1. The van der Waals surface area contributed by atoms with Crippen molar-refractivity contribution in [1.29, 1.82) is 0 Å². The van der Waals surface area contributed by atoms with Crippen molar-refractivity contribution in [3.8, 4) is 0 Å². The molecule has 1 aromatic rings. The molecule has 1 aliphatic rings. The number of benzene rings is 1. The number of carbonyl (C=O) groups is 1. The van der Waals surface area contributed by atoms with Crippen molar-refractivity contribution in [3.05, 3.63) is 29.6 Å². The predicted octanol–water partition coefficient (Wildman–Crippen LogP) is 3.04. The summed E-state index contributed by atoms with van der Waals surface area (Å²) in [4.78, 5) is 22.1. The van der Waals surface area contributed by atoms with Gasteiger partial charge in [-0.2, -0.15) is 0 Å². The van der Waals surface area contributed by atoms with Gasteiger partial charge in [-0.25, -0.2) is 14.2 Å². The number of rotatable bonds is 5. The second-order valence-corrected chi connectivity index (χ2v) is 8.09. The van der Waals surface area contributed by atoms with Crippen molar-refractivity contribution in [2.75, 3.05) is 44.2 Å². The van der Waals surface area contributed by atoms with Gasteiger partial charge in [-0.3, -0.25) is 0 Å². The Balaban J connectivity index is 1.96. The van der Waals surface area contributed by atoms with E-state index < -0.39 is 5.60 Å². The molecule has 1 aromatic carbocycles. The average Bonchev–Trinajstić information content (AvgIpc) is 2.66. The number of piperazine rings is 1. The van der Waals surface area contributed by atoms with E-state index in [2.05, 4.69) is 4.99 Å². The number of nitrogens with zero attached hydrogens (tertiary/aromatic N) is 4. The Morgan fingerprint density at radius 3 is 2.34 bits per heavy atom. The monoisotopic (exact) mass is 407 g/mol. The van der Waals surface area contributed by atoms with Crippen LogP contribution in [0.3, 0.4) is 0 Å². The third kappa shape index (κ3) is 6.51. The highest BCUT2D eigenvalue weighted by Crippen LogP contribution is 2.23. The second kappa shape index (κ2) is 9.80. The van der Waals surface area contributed by atoms with E-state index in [1.807, 2.05) is 50.5 Å². The lowest BCUT2D eigenvalue weighted by molar-refractivity contribution is 0.0240. The van der Waals surface area contributed by atoms with Crippen LogP contribution in [0.4, 0.5) is 14.9 Å². The number of carbonyl (C=O) groups excluding carboxylic acids is 1. The van der Waals surface area contributed by atoms with Gasteiger partial charge in [0.15, 0.2) is 5.96 Å². The topological polar surface area (TPSA) is 74.4 Å². The Morgan fingerprint density at radius 1 is 1.21 bits per heavy atom. The summed E-state index contributed by atoms with van der Waals surface area (Å²) < 4.78 is 20.1. The van der Waals surface area contributed by atoms with E-state index in [0.717, 1.165) is 18.7 Å². The minimum Gasteiger partial charge on any atom is -0.444 e. The third-order valence-electron chi connectivity index (χ3n) is 4.80. The van der Waals surface area contributed by atoms with Crippen LogP contribution in [-0.4, -0.2) is 66.7 Å². The number of hydrogen-bond donors (Lipinski definition) is 1. The predicted molar refractivity (Wildman–Crippen MR) is 115 cm³/mol. The van der Waals surface area contributed by atoms with Crippen LogP contribution >= 0.6 is 0 Å².